The van der Waals surface area contributed by atoms with Crippen molar-refractivity contribution in [1.82, 2.24) is 5.43 Å². The van der Waals surface area contributed by atoms with E-state index < -0.39 is 10.0 Å². The minimum atomic E-state index is -3.52. The summed E-state index contributed by atoms with van der Waals surface area (Å²) in [6, 6.07) is 27.9. The first kappa shape index (κ1) is 23.2. The normalized spacial score (nSPS) is 11.6. The lowest BCUT2D eigenvalue weighted by atomic mass is 10.1. The van der Waals surface area contributed by atoms with Crippen LogP contribution in [0, 0.1) is 6.92 Å². The molecule has 172 valence electrons. The molecule has 0 atom stereocenters. The monoisotopic (exact) mass is 471 g/mol. The van der Waals surface area contributed by atoms with E-state index in [9.17, 15) is 13.2 Å². The van der Waals surface area contributed by atoms with E-state index >= 15 is 0 Å². The number of amides is 1. The number of nitrogens with zero attached hydrogens (tertiary/aromatic N) is 2. The summed E-state index contributed by atoms with van der Waals surface area (Å²) in [5.41, 5.74) is 6.22. The molecular weight excluding hydrogens is 446 g/mol. The van der Waals surface area contributed by atoms with Crippen molar-refractivity contribution in [3.8, 4) is 0 Å². The maximum absolute atomic E-state index is 12.6. The lowest BCUT2D eigenvalue weighted by molar-refractivity contribution is 0.0955. The van der Waals surface area contributed by atoms with Crippen LogP contribution in [0.25, 0.3) is 10.8 Å². The van der Waals surface area contributed by atoms with Gasteiger partial charge in [-0.15, -0.1) is 0 Å². The average Bonchev–Trinajstić information content (AvgIpc) is 2.83. The number of carbonyl (C=O) groups is 1. The Kier molecular flexibility index (Phi) is 6.75. The van der Waals surface area contributed by atoms with E-state index in [1.54, 1.807) is 30.5 Å². The molecule has 4 aromatic rings. The molecule has 1 amide bonds. The molecule has 6 nitrogen and oxygen atoms in total. The minimum Gasteiger partial charge on any atom is -0.267 e. The van der Waals surface area contributed by atoms with Crippen LogP contribution >= 0.6 is 0 Å². The zero-order valence-electron chi connectivity index (χ0n) is 19.0. The van der Waals surface area contributed by atoms with Gasteiger partial charge in [-0.1, -0.05) is 66.7 Å². The summed E-state index contributed by atoms with van der Waals surface area (Å²) in [7, 11) is -3.52. The standard InChI is InChI=1S/C27H25N3O3S/c1-20-8-3-4-10-24(20)19-30(34(2,32)33)25-16-14-22(15-17-25)27(31)29-28-18-23-12-7-11-21-9-5-6-13-26(21)23/h3-18H,19H2,1-2H3,(H,29,31)/b28-18-. The van der Waals surface area contributed by atoms with Crippen LogP contribution in [0.5, 0.6) is 0 Å². The zero-order valence-corrected chi connectivity index (χ0v) is 19.8. The van der Waals surface area contributed by atoms with Crippen LogP contribution in [0.1, 0.15) is 27.0 Å². The smallest absolute Gasteiger partial charge is 0.267 e. The molecule has 0 aliphatic heterocycles. The largest absolute Gasteiger partial charge is 0.271 e. The van der Waals surface area contributed by atoms with Crippen molar-refractivity contribution in [3.05, 3.63) is 113 Å². The lowest BCUT2D eigenvalue weighted by Crippen LogP contribution is -2.29. The minimum absolute atomic E-state index is 0.215. The number of hydrazone groups is 1. The Morgan fingerprint density at radius 1 is 0.912 bits per heavy atom. The molecule has 1 N–H and O–H groups in total. The first-order chi connectivity index (χ1) is 16.3. The molecule has 0 aliphatic rings. The highest BCUT2D eigenvalue weighted by molar-refractivity contribution is 7.92. The molecule has 0 aromatic heterocycles. The summed E-state index contributed by atoms with van der Waals surface area (Å²) in [6.45, 7) is 2.16. The Balaban J connectivity index is 1.49. The molecule has 0 fully saturated rings. The van der Waals surface area contributed by atoms with Crippen molar-refractivity contribution < 1.29 is 13.2 Å². The molecule has 4 aromatic carbocycles. The molecule has 0 saturated carbocycles. The van der Waals surface area contributed by atoms with Crippen molar-refractivity contribution in [2.45, 2.75) is 13.5 Å². The summed E-state index contributed by atoms with van der Waals surface area (Å²) in [6.07, 6.45) is 2.79. The highest BCUT2D eigenvalue weighted by Crippen LogP contribution is 2.22. The number of aryl methyl sites for hydroxylation is 1. The maximum atomic E-state index is 12.6. The number of anilines is 1. The van der Waals surface area contributed by atoms with Crippen LogP contribution in [0.4, 0.5) is 5.69 Å². The van der Waals surface area contributed by atoms with Crippen LogP contribution in [-0.2, 0) is 16.6 Å². The lowest BCUT2D eigenvalue weighted by Gasteiger charge is -2.23. The summed E-state index contributed by atoms with van der Waals surface area (Å²) in [5, 5.41) is 6.24. The first-order valence-electron chi connectivity index (χ1n) is 10.8. The van der Waals surface area contributed by atoms with Crippen molar-refractivity contribution in [3.63, 3.8) is 0 Å². The Hall–Kier alpha value is -3.97. The average molecular weight is 472 g/mol. The second kappa shape index (κ2) is 9.89. The fourth-order valence-electron chi connectivity index (χ4n) is 3.71. The fraction of sp³-hybridized carbons (Fsp3) is 0.111. The van der Waals surface area contributed by atoms with Gasteiger partial charge in [0.25, 0.3) is 5.91 Å². The molecule has 7 heteroatoms. The van der Waals surface area contributed by atoms with Gasteiger partial charge in [-0.25, -0.2) is 13.8 Å². The zero-order chi connectivity index (χ0) is 24.1. The molecule has 4 rings (SSSR count). The molecule has 0 aliphatic carbocycles. The summed E-state index contributed by atoms with van der Waals surface area (Å²) < 4.78 is 26.3. The topological polar surface area (TPSA) is 78.8 Å². The van der Waals surface area contributed by atoms with Crippen molar-refractivity contribution in [2.24, 2.45) is 5.10 Å². The summed E-state index contributed by atoms with van der Waals surface area (Å²) >= 11 is 0. The predicted octanol–water partition coefficient (Wildman–Crippen LogP) is 4.88. The highest BCUT2D eigenvalue weighted by Gasteiger charge is 2.19. The quantitative estimate of drug-likeness (QED) is 0.308. The Morgan fingerprint density at radius 3 is 2.32 bits per heavy atom. The second-order valence-corrected chi connectivity index (χ2v) is 9.92. The molecule has 0 radical (unpaired) electrons. The van der Waals surface area contributed by atoms with Gasteiger partial charge >= 0.3 is 0 Å². The van der Waals surface area contributed by atoms with E-state index in [-0.39, 0.29) is 12.5 Å². The number of benzene rings is 4. The van der Waals surface area contributed by atoms with Crippen LogP contribution < -0.4 is 9.73 Å². The molecule has 0 heterocycles. The van der Waals surface area contributed by atoms with Gasteiger partial charge in [-0.3, -0.25) is 9.10 Å². The molecule has 0 unspecified atom stereocenters. The third kappa shape index (κ3) is 5.32. The Labute approximate surface area is 199 Å². The van der Waals surface area contributed by atoms with Crippen LogP contribution in [-0.4, -0.2) is 26.8 Å². The number of hydrogen-bond acceptors (Lipinski definition) is 4. The molecule has 0 spiro atoms. The second-order valence-electron chi connectivity index (χ2n) is 8.01. The molecular formula is C27H25N3O3S. The molecule has 34 heavy (non-hydrogen) atoms. The van der Waals surface area contributed by atoms with Crippen molar-refractivity contribution >= 4 is 38.6 Å². The van der Waals surface area contributed by atoms with Gasteiger partial charge in [0.1, 0.15) is 0 Å². The van der Waals surface area contributed by atoms with Crippen LogP contribution in [0.15, 0.2) is 96.1 Å². The number of rotatable bonds is 7. The van der Waals surface area contributed by atoms with Gasteiger partial charge in [0.2, 0.25) is 10.0 Å². The fourth-order valence-corrected chi connectivity index (χ4v) is 4.59. The van der Waals surface area contributed by atoms with E-state index in [0.717, 1.165) is 27.5 Å². The van der Waals surface area contributed by atoms with Crippen LogP contribution in [0.2, 0.25) is 0 Å². The van der Waals surface area contributed by atoms with Crippen molar-refractivity contribution in [2.75, 3.05) is 10.6 Å². The van der Waals surface area contributed by atoms with E-state index in [1.165, 1.54) is 10.6 Å². The number of sulfonamides is 1. The van der Waals surface area contributed by atoms with E-state index in [2.05, 4.69) is 10.5 Å². The number of fused-ring (bicyclic) bond motifs is 1. The maximum Gasteiger partial charge on any atom is 0.271 e. The third-order valence-electron chi connectivity index (χ3n) is 5.59. The van der Waals surface area contributed by atoms with E-state index in [0.29, 0.717) is 11.3 Å². The van der Waals surface area contributed by atoms with E-state index in [4.69, 9.17) is 0 Å². The Bertz CT molecular complexity index is 1460. The van der Waals surface area contributed by atoms with Gasteiger partial charge in [-0.2, -0.15) is 5.10 Å². The Morgan fingerprint density at radius 2 is 1.59 bits per heavy atom. The molecule has 0 bridgehead atoms. The van der Waals surface area contributed by atoms with Crippen molar-refractivity contribution in [1.29, 1.82) is 0 Å². The van der Waals surface area contributed by atoms with Crippen LogP contribution in [0.3, 0.4) is 0 Å². The highest BCUT2D eigenvalue weighted by atomic mass is 32.2. The number of carbonyl (C=O) groups excluding carboxylic acids is 1. The summed E-state index contributed by atoms with van der Waals surface area (Å²) in [4.78, 5) is 12.6. The number of nitrogens with one attached hydrogen (secondary N) is 1. The van der Waals surface area contributed by atoms with Gasteiger partial charge in [-0.05, 0) is 53.1 Å². The predicted molar refractivity (Wildman–Crippen MR) is 138 cm³/mol. The van der Waals surface area contributed by atoms with Gasteiger partial charge in [0, 0.05) is 11.1 Å². The van der Waals surface area contributed by atoms with Gasteiger partial charge < -0.3 is 0 Å². The van der Waals surface area contributed by atoms with Gasteiger partial charge in [0.15, 0.2) is 0 Å². The van der Waals surface area contributed by atoms with E-state index in [1.807, 2.05) is 73.7 Å². The molecule has 0 saturated heterocycles. The summed E-state index contributed by atoms with van der Waals surface area (Å²) in [5.74, 6) is -0.382. The number of hydrogen-bond donors (Lipinski definition) is 1. The first-order valence-corrected chi connectivity index (χ1v) is 12.6. The third-order valence-corrected chi connectivity index (χ3v) is 6.73. The van der Waals surface area contributed by atoms with Gasteiger partial charge in [0.05, 0.1) is 24.7 Å². The SMILES string of the molecule is Cc1ccccc1CN(c1ccc(C(=O)N/N=C\c2cccc3ccccc23)cc1)S(C)(=O)=O.